The van der Waals surface area contributed by atoms with Crippen molar-refractivity contribution in [2.24, 2.45) is 5.92 Å². The third-order valence-electron chi connectivity index (χ3n) is 4.54. The molecule has 152 valence electrons. The van der Waals surface area contributed by atoms with Gasteiger partial charge in [0.25, 0.3) is 5.91 Å². The number of halogens is 1. The van der Waals surface area contributed by atoms with Gasteiger partial charge in [-0.2, -0.15) is 4.98 Å². The Morgan fingerprint density at radius 1 is 1.07 bits per heavy atom. The standard InChI is InChI=1S/C22H19FN4O3/c1-13(2)19(22-26-20(27-30-22)15-4-3-11-24-12-15)25-21(28)18-10-9-17(29-18)14-5-7-16(23)8-6-14/h3-13,19H,1-2H3,(H,25,28). The van der Waals surface area contributed by atoms with Crippen molar-refractivity contribution in [2.45, 2.75) is 19.9 Å². The van der Waals surface area contributed by atoms with Crippen molar-refractivity contribution in [3.63, 3.8) is 0 Å². The molecule has 4 rings (SSSR count). The Morgan fingerprint density at radius 2 is 1.87 bits per heavy atom. The highest BCUT2D eigenvalue weighted by Gasteiger charge is 2.26. The van der Waals surface area contributed by atoms with Crippen LogP contribution in [0.4, 0.5) is 4.39 Å². The molecule has 0 radical (unpaired) electrons. The smallest absolute Gasteiger partial charge is 0.287 e. The number of pyridine rings is 1. The van der Waals surface area contributed by atoms with Crippen LogP contribution in [0.1, 0.15) is 36.3 Å². The maximum absolute atomic E-state index is 13.1. The molecule has 0 bridgehead atoms. The summed E-state index contributed by atoms with van der Waals surface area (Å²) in [7, 11) is 0. The minimum absolute atomic E-state index is 0.0114. The van der Waals surface area contributed by atoms with Gasteiger partial charge in [0.15, 0.2) is 5.76 Å². The summed E-state index contributed by atoms with van der Waals surface area (Å²) in [6.45, 7) is 3.87. The third kappa shape index (κ3) is 4.12. The summed E-state index contributed by atoms with van der Waals surface area (Å²) >= 11 is 0. The van der Waals surface area contributed by atoms with Gasteiger partial charge < -0.3 is 14.3 Å². The Labute approximate surface area is 172 Å². The second-order valence-electron chi connectivity index (χ2n) is 7.06. The molecule has 1 atom stereocenters. The molecule has 7 nitrogen and oxygen atoms in total. The fourth-order valence-corrected chi connectivity index (χ4v) is 2.93. The number of amides is 1. The number of carbonyl (C=O) groups is 1. The molecule has 1 N–H and O–H groups in total. The molecule has 1 aromatic carbocycles. The lowest BCUT2D eigenvalue weighted by Gasteiger charge is -2.17. The molecule has 0 aliphatic heterocycles. The van der Waals surface area contributed by atoms with E-state index < -0.39 is 11.9 Å². The maximum atomic E-state index is 13.1. The molecule has 0 saturated carbocycles. The number of nitrogens with zero attached hydrogens (tertiary/aromatic N) is 3. The fourth-order valence-electron chi connectivity index (χ4n) is 2.93. The molecule has 1 amide bonds. The quantitative estimate of drug-likeness (QED) is 0.501. The van der Waals surface area contributed by atoms with E-state index in [1.165, 1.54) is 12.1 Å². The van der Waals surface area contributed by atoms with E-state index in [0.29, 0.717) is 23.0 Å². The summed E-state index contributed by atoms with van der Waals surface area (Å²) < 4.78 is 24.2. The topological polar surface area (TPSA) is 94.1 Å². The van der Waals surface area contributed by atoms with Crippen LogP contribution in [0, 0.1) is 11.7 Å². The second-order valence-corrected chi connectivity index (χ2v) is 7.06. The molecule has 0 aliphatic rings. The molecule has 0 fully saturated rings. The zero-order chi connectivity index (χ0) is 21.1. The molecule has 1 unspecified atom stereocenters. The van der Waals surface area contributed by atoms with Gasteiger partial charge in [-0.15, -0.1) is 0 Å². The van der Waals surface area contributed by atoms with Crippen molar-refractivity contribution in [1.82, 2.24) is 20.4 Å². The van der Waals surface area contributed by atoms with E-state index >= 15 is 0 Å². The Hall–Kier alpha value is -3.81. The predicted octanol–water partition coefficient (Wildman–Crippen LogP) is 4.66. The second kappa shape index (κ2) is 8.28. The average molecular weight is 406 g/mol. The van der Waals surface area contributed by atoms with Crippen LogP contribution in [0.15, 0.2) is 69.9 Å². The van der Waals surface area contributed by atoms with Crippen LogP contribution in [0.3, 0.4) is 0 Å². The zero-order valence-electron chi connectivity index (χ0n) is 16.4. The van der Waals surface area contributed by atoms with Crippen LogP contribution in [-0.2, 0) is 0 Å². The molecule has 0 saturated heterocycles. The molecule has 3 heterocycles. The zero-order valence-corrected chi connectivity index (χ0v) is 16.4. The number of carbonyl (C=O) groups excluding carboxylic acids is 1. The van der Waals surface area contributed by atoms with Gasteiger partial charge in [-0.3, -0.25) is 9.78 Å². The molecule has 3 aromatic heterocycles. The lowest BCUT2D eigenvalue weighted by Crippen LogP contribution is -2.31. The van der Waals surface area contributed by atoms with Crippen LogP contribution in [0.2, 0.25) is 0 Å². The largest absolute Gasteiger partial charge is 0.451 e. The van der Waals surface area contributed by atoms with E-state index in [1.54, 1.807) is 42.7 Å². The molecular formula is C22H19FN4O3. The predicted molar refractivity (Wildman–Crippen MR) is 107 cm³/mol. The van der Waals surface area contributed by atoms with E-state index in [-0.39, 0.29) is 17.5 Å². The normalized spacial score (nSPS) is 12.1. The summed E-state index contributed by atoms with van der Waals surface area (Å²) in [5.41, 5.74) is 1.39. The van der Waals surface area contributed by atoms with Crippen molar-refractivity contribution in [3.8, 4) is 22.7 Å². The highest BCUT2D eigenvalue weighted by atomic mass is 19.1. The summed E-state index contributed by atoms with van der Waals surface area (Å²) in [5.74, 6) is 0.529. The van der Waals surface area contributed by atoms with E-state index in [2.05, 4.69) is 20.4 Å². The van der Waals surface area contributed by atoms with E-state index in [9.17, 15) is 9.18 Å². The van der Waals surface area contributed by atoms with E-state index in [1.807, 2.05) is 19.9 Å². The molecule has 0 aliphatic carbocycles. The van der Waals surface area contributed by atoms with Crippen LogP contribution in [0.5, 0.6) is 0 Å². The minimum Gasteiger partial charge on any atom is -0.451 e. The Kier molecular flexibility index (Phi) is 5.38. The van der Waals surface area contributed by atoms with Gasteiger partial charge in [-0.1, -0.05) is 19.0 Å². The fraction of sp³-hybridized carbons (Fsp3) is 0.182. The number of hydrogen-bond donors (Lipinski definition) is 1. The van der Waals surface area contributed by atoms with Crippen LogP contribution < -0.4 is 5.32 Å². The Balaban J connectivity index is 1.52. The summed E-state index contributed by atoms with van der Waals surface area (Å²) in [5, 5.41) is 6.87. The molecular weight excluding hydrogens is 387 g/mol. The van der Waals surface area contributed by atoms with Crippen molar-refractivity contribution >= 4 is 5.91 Å². The van der Waals surface area contributed by atoms with Gasteiger partial charge in [0.1, 0.15) is 17.6 Å². The minimum atomic E-state index is -0.505. The first kappa shape index (κ1) is 19.5. The van der Waals surface area contributed by atoms with Gasteiger partial charge in [0, 0.05) is 23.5 Å². The lowest BCUT2D eigenvalue weighted by atomic mass is 10.0. The maximum Gasteiger partial charge on any atom is 0.287 e. The first-order valence-electron chi connectivity index (χ1n) is 9.42. The highest BCUT2D eigenvalue weighted by molar-refractivity contribution is 5.92. The number of aromatic nitrogens is 3. The average Bonchev–Trinajstić information content (AvgIpc) is 3.43. The molecule has 0 spiro atoms. The Morgan fingerprint density at radius 3 is 2.57 bits per heavy atom. The monoisotopic (exact) mass is 406 g/mol. The molecule has 8 heteroatoms. The van der Waals surface area contributed by atoms with Crippen LogP contribution in [-0.4, -0.2) is 21.0 Å². The van der Waals surface area contributed by atoms with Crippen LogP contribution >= 0.6 is 0 Å². The van der Waals surface area contributed by atoms with E-state index in [4.69, 9.17) is 8.94 Å². The van der Waals surface area contributed by atoms with Gasteiger partial charge in [-0.25, -0.2) is 4.39 Å². The van der Waals surface area contributed by atoms with Gasteiger partial charge in [0.2, 0.25) is 11.7 Å². The number of hydrogen-bond acceptors (Lipinski definition) is 6. The highest BCUT2D eigenvalue weighted by Crippen LogP contribution is 2.26. The first-order valence-corrected chi connectivity index (χ1v) is 9.42. The summed E-state index contributed by atoms with van der Waals surface area (Å²) in [6.07, 6.45) is 3.29. The third-order valence-corrected chi connectivity index (χ3v) is 4.54. The lowest BCUT2D eigenvalue weighted by molar-refractivity contribution is 0.0886. The number of furan rings is 1. The number of benzene rings is 1. The van der Waals surface area contributed by atoms with E-state index in [0.717, 1.165) is 5.56 Å². The SMILES string of the molecule is CC(C)C(NC(=O)c1ccc(-c2ccc(F)cc2)o1)c1nc(-c2cccnc2)no1. The molecule has 4 aromatic rings. The van der Waals surface area contributed by atoms with Gasteiger partial charge in [-0.05, 0) is 54.4 Å². The van der Waals surface area contributed by atoms with Crippen molar-refractivity contribution in [1.29, 1.82) is 0 Å². The van der Waals surface area contributed by atoms with Crippen LogP contribution in [0.25, 0.3) is 22.7 Å². The van der Waals surface area contributed by atoms with Crippen molar-refractivity contribution in [3.05, 3.63) is 78.4 Å². The Bertz CT molecular complexity index is 1140. The van der Waals surface area contributed by atoms with Crippen molar-refractivity contribution in [2.75, 3.05) is 0 Å². The number of rotatable bonds is 6. The summed E-state index contributed by atoms with van der Waals surface area (Å²) in [4.78, 5) is 21.2. The first-order chi connectivity index (χ1) is 14.5. The van der Waals surface area contributed by atoms with Gasteiger partial charge >= 0.3 is 0 Å². The molecule has 30 heavy (non-hydrogen) atoms. The van der Waals surface area contributed by atoms with Crippen molar-refractivity contribution < 1.29 is 18.1 Å². The summed E-state index contributed by atoms with van der Waals surface area (Å²) in [6, 6.07) is 12.2. The van der Waals surface area contributed by atoms with Gasteiger partial charge in [0.05, 0.1) is 0 Å². The number of nitrogens with one attached hydrogen (secondary N) is 1.